The minimum atomic E-state index is -1.04. The van der Waals surface area contributed by atoms with Crippen molar-refractivity contribution in [2.24, 2.45) is 5.29 Å². The number of hydrogen-bond acceptors (Lipinski definition) is 5. The van der Waals surface area contributed by atoms with E-state index in [0.717, 1.165) is 0 Å². The maximum Gasteiger partial charge on any atom is 0.277 e. The van der Waals surface area contributed by atoms with Crippen LogP contribution in [0.2, 0.25) is 0 Å². The molecule has 8 nitrogen and oxygen atoms in total. The van der Waals surface area contributed by atoms with Gasteiger partial charge in [0.2, 0.25) is 0 Å². The summed E-state index contributed by atoms with van der Waals surface area (Å²) in [5.74, 6) is -0.868. The quantitative estimate of drug-likeness (QED) is 0.201. The summed E-state index contributed by atoms with van der Waals surface area (Å²) >= 11 is 0. The first-order valence-electron chi connectivity index (χ1n) is 2.78. The van der Waals surface area contributed by atoms with Crippen molar-refractivity contribution in [1.29, 1.82) is 5.41 Å². The van der Waals surface area contributed by atoms with Crippen molar-refractivity contribution in [3.63, 3.8) is 0 Å². The summed E-state index contributed by atoms with van der Waals surface area (Å²) in [7, 11) is 0. The van der Waals surface area contributed by atoms with E-state index in [-0.39, 0.29) is 0 Å². The number of nitroso groups, excluding NO2 is 1. The van der Waals surface area contributed by atoms with Gasteiger partial charge in [-0.1, -0.05) is 5.43 Å². The van der Waals surface area contributed by atoms with E-state index >= 15 is 0 Å². The van der Waals surface area contributed by atoms with Crippen molar-refractivity contribution in [3.05, 3.63) is 15.0 Å². The van der Waals surface area contributed by atoms with Crippen LogP contribution >= 0.6 is 0 Å². The Morgan fingerprint density at radius 3 is 2.75 bits per heavy atom. The molecule has 0 aromatic rings. The van der Waals surface area contributed by atoms with Gasteiger partial charge >= 0.3 is 0 Å². The van der Waals surface area contributed by atoms with Crippen molar-refractivity contribution in [2.75, 3.05) is 13.2 Å². The second-order valence-corrected chi connectivity index (χ2v) is 1.61. The number of halogens is 1. The van der Waals surface area contributed by atoms with Crippen molar-refractivity contribution in [1.82, 2.24) is 10.4 Å². The molecule has 0 aromatic carbocycles. The molecule has 0 saturated heterocycles. The SMILES string of the molecule is N=C(N[N+](=O)[O-])N(CCF)N=O. The summed E-state index contributed by atoms with van der Waals surface area (Å²) in [4.78, 5) is 19.5. The maximum atomic E-state index is 11.6. The monoisotopic (exact) mass is 179 g/mol. The lowest BCUT2D eigenvalue weighted by molar-refractivity contribution is -0.526. The molecule has 0 rings (SSSR count). The Bertz CT molecular complexity index is 196. The fraction of sp³-hybridized carbons (Fsp3) is 0.667. The zero-order valence-corrected chi connectivity index (χ0v) is 5.86. The molecule has 0 aliphatic rings. The maximum absolute atomic E-state index is 11.6. The molecule has 0 fully saturated rings. The molecule has 9 heteroatoms. The van der Waals surface area contributed by atoms with E-state index in [1.807, 2.05) is 0 Å². The zero-order valence-electron chi connectivity index (χ0n) is 5.86. The predicted molar refractivity (Wildman–Crippen MR) is 36.3 cm³/mol. The number of nitrogens with zero attached hydrogens (tertiary/aromatic N) is 3. The minimum absolute atomic E-state index is 0.294. The third-order valence-corrected chi connectivity index (χ3v) is 0.850. The highest BCUT2D eigenvalue weighted by molar-refractivity contribution is 5.74. The van der Waals surface area contributed by atoms with Crippen LogP contribution in [-0.4, -0.2) is 29.2 Å². The molecule has 0 aromatic heterocycles. The summed E-state index contributed by atoms with van der Waals surface area (Å²) in [6, 6.07) is 0. The van der Waals surface area contributed by atoms with Gasteiger partial charge in [-0.3, -0.25) is 5.41 Å². The van der Waals surface area contributed by atoms with Crippen molar-refractivity contribution in [3.8, 4) is 0 Å². The van der Waals surface area contributed by atoms with E-state index in [9.17, 15) is 19.4 Å². The van der Waals surface area contributed by atoms with Gasteiger partial charge < -0.3 is 0 Å². The minimum Gasteiger partial charge on any atom is -0.263 e. The number of alkyl halides is 1. The summed E-state index contributed by atoms with van der Waals surface area (Å²) in [5.41, 5.74) is 1.35. The fourth-order valence-electron chi connectivity index (χ4n) is 0.418. The normalized spacial score (nSPS) is 8.75. The van der Waals surface area contributed by atoms with E-state index in [4.69, 9.17) is 5.41 Å². The molecular weight excluding hydrogens is 173 g/mol. The first kappa shape index (κ1) is 10.2. The molecule has 2 N–H and O–H groups in total. The molecular formula is C3H6FN5O3. The van der Waals surface area contributed by atoms with Crippen molar-refractivity contribution < 1.29 is 9.42 Å². The number of nitro groups is 1. The molecule has 12 heavy (non-hydrogen) atoms. The summed E-state index contributed by atoms with van der Waals surface area (Å²) < 4.78 is 11.6. The Balaban J connectivity index is 4.02. The van der Waals surface area contributed by atoms with Crippen LogP contribution in [0.5, 0.6) is 0 Å². The standard InChI is InChI=1S/C3H6FN5O3/c4-1-2-8(7-10)3(5)6-9(11)12/h1-2H2,(H2,5,6). The van der Waals surface area contributed by atoms with E-state index in [0.29, 0.717) is 5.01 Å². The molecule has 0 aliphatic heterocycles. The zero-order chi connectivity index (χ0) is 9.56. The van der Waals surface area contributed by atoms with E-state index in [1.54, 1.807) is 0 Å². The van der Waals surface area contributed by atoms with Gasteiger partial charge in [-0.15, -0.1) is 4.91 Å². The highest BCUT2D eigenvalue weighted by Crippen LogP contribution is 1.88. The molecule has 0 bridgehead atoms. The van der Waals surface area contributed by atoms with Crippen molar-refractivity contribution in [2.45, 2.75) is 0 Å². The van der Waals surface area contributed by atoms with Gasteiger partial charge in [0, 0.05) is 0 Å². The van der Waals surface area contributed by atoms with Gasteiger partial charge in [-0.05, 0) is 0 Å². The lowest BCUT2D eigenvalue weighted by Gasteiger charge is -2.09. The van der Waals surface area contributed by atoms with Crippen LogP contribution in [0.15, 0.2) is 5.29 Å². The lowest BCUT2D eigenvalue weighted by atomic mass is 10.7. The van der Waals surface area contributed by atoms with Gasteiger partial charge in [0.05, 0.1) is 11.8 Å². The van der Waals surface area contributed by atoms with Crippen LogP contribution in [0.1, 0.15) is 0 Å². The average molecular weight is 179 g/mol. The van der Waals surface area contributed by atoms with E-state index in [2.05, 4.69) is 5.29 Å². The predicted octanol–water partition coefficient (Wildman–Crippen LogP) is -0.345. The van der Waals surface area contributed by atoms with Crippen LogP contribution < -0.4 is 5.43 Å². The second kappa shape index (κ2) is 4.93. The summed E-state index contributed by atoms with van der Waals surface area (Å²) in [5, 5.41) is 18.0. The lowest BCUT2D eigenvalue weighted by Crippen LogP contribution is -2.41. The highest BCUT2D eigenvalue weighted by atomic mass is 19.1. The van der Waals surface area contributed by atoms with Crippen molar-refractivity contribution >= 4 is 5.96 Å². The summed E-state index contributed by atoms with van der Waals surface area (Å²) in [6.45, 7) is -1.41. The van der Waals surface area contributed by atoms with Crippen LogP contribution in [0.4, 0.5) is 4.39 Å². The van der Waals surface area contributed by atoms with Gasteiger partial charge in [0.25, 0.3) is 5.96 Å². The highest BCUT2D eigenvalue weighted by Gasteiger charge is 2.13. The Hall–Kier alpha value is -1.80. The molecule has 0 unspecified atom stereocenters. The van der Waals surface area contributed by atoms with Gasteiger partial charge in [-0.25, -0.2) is 14.5 Å². The van der Waals surface area contributed by atoms with E-state index in [1.165, 1.54) is 5.43 Å². The third-order valence-electron chi connectivity index (χ3n) is 0.850. The molecule has 0 saturated carbocycles. The first-order valence-corrected chi connectivity index (χ1v) is 2.78. The fourth-order valence-corrected chi connectivity index (χ4v) is 0.418. The Labute approximate surface area is 65.9 Å². The Morgan fingerprint density at radius 2 is 2.42 bits per heavy atom. The second-order valence-electron chi connectivity index (χ2n) is 1.61. The molecule has 0 atom stereocenters. The molecule has 0 heterocycles. The largest absolute Gasteiger partial charge is 0.277 e. The smallest absolute Gasteiger partial charge is 0.263 e. The number of hydrazine groups is 1. The van der Waals surface area contributed by atoms with Gasteiger partial charge in [0.1, 0.15) is 6.67 Å². The molecule has 0 aliphatic carbocycles. The van der Waals surface area contributed by atoms with Gasteiger partial charge in [0.15, 0.2) is 5.03 Å². The van der Waals surface area contributed by atoms with Crippen LogP contribution in [-0.2, 0) is 0 Å². The number of hydrogen-bond donors (Lipinski definition) is 2. The third kappa shape index (κ3) is 3.39. The number of guanidine groups is 1. The topological polar surface area (TPSA) is 112 Å². The molecule has 0 spiro atoms. The molecule has 0 amide bonds. The van der Waals surface area contributed by atoms with E-state index < -0.39 is 24.2 Å². The first-order chi connectivity index (χ1) is 5.61. The Kier molecular flexibility index (Phi) is 4.19. The Morgan fingerprint density at radius 1 is 1.83 bits per heavy atom. The molecule has 0 radical (unpaired) electrons. The van der Waals surface area contributed by atoms with Crippen LogP contribution in [0, 0.1) is 20.4 Å². The average Bonchev–Trinajstić information content (AvgIpc) is 1.98. The number of nitrogens with one attached hydrogen (secondary N) is 2. The van der Waals surface area contributed by atoms with Crippen LogP contribution in [0.3, 0.4) is 0 Å². The number of rotatable bonds is 4. The van der Waals surface area contributed by atoms with Crippen LogP contribution in [0.25, 0.3) is 0 Å². The summed E-state index contributed by atoms with van der Waals surface area (Å²) in [6.07, 6.45) is 0. The van der Waals surface area contributed by atoms with Gasteiger partial charge in [-0.2, -0.15) is 5.01 Å². The molecule has 68 valence electrons.